The minimum Gasteiger partial charge on any atom is -0.412 e. The van der Waals surface area contributed by atoms with E-state index in [2.05, 4.69) is 30.1 Å². The highest BCUT2D eigenvalue weighted by molar-refractivity contribution is 6.76. The first-order valence-electron chi connectivity index (χ1n) is 6.49. The van der Waals surface area contributed by atoms with Gasteiger partial charge in [0.2, 0.25) is 0 Å². The Kier molecular flexibility index (Phi) is 3.82. The SMILES string of the molecule is Cc1cc2c(NN)ccnc2n1OCC[Si](C)(C)C. The van der Waals surface area contributed by atoms with E-state index in [0.717, 1.165) is 35.1 Å². The molecule has 0 aliphatic carbocycles. The number of rotatable bonds is 5. The number of aromatic nitrogens is 2. The van der Waals surface area contributed by atoms with E-state index < -0.39 is 8.07 Å². The summed E-state index contributed by atoms with van der Waals surface area (Å²) in [5.74, 6) is 5.51. The number of nitrogens with one attached hydrogen (secondary N) is 1. The van der Waals surface area contributed by atoms with Crippen LogP contribution in [0.3, 0.4) is 0 Å². The highest BCUT2D eigenvalue weighted by atomic mass is 28.3. The molecule has 104 valence electrons. The largest absolute Gasteiger partial charge is 0.412 e. The number of nitrogens with two attached hydrogens (primary N) is 1. The Hall–Kier alpha value is -1.53. The van der Waals surface area contributed by atoms with Gasteiger partial charge in [0.1, 0.15) is 6.61 Å². The average molecular weight is 278 g/mol. The molecule has 6 heteroatoms. The Balaban J connectivity index is 2.26. The Morgan fingerprint density at radius 3 is 2.79 bits per heavy atom. The molecule has 0 aromatic carbocycles. The van der Waals surface area contributed by atoms with Crippen molar-refractivity contribution in [3.8, 4) is 0 Å². The van der Waals surface area contributed by atoms with Gasteiger partial charge in [-0.05, 0) is 25.1 Å². The third-order valence-corrected chi connectivity index (χ3v) is 4.77. The number of hydrazine groups is 1. The van der Waals surface area contributed by atoms with Gasteiger partial charge in [0.25, 0.3) is 0 Å². The van der Waals surface area contributed by atoms with Crippen LogP contribution in [0.2, 0.25) is 25.7 Å². The lowest BCUT2D eigenvalue weighted by molar-refractivity contribution is 0.126. The Bertz CT molecular complexity index is 574. The predicted molar refractivity (Wildman–Crippen MR) is 81.9 cm³/mol. The molecule has 2 aromatic heterocycles. The Morgan fingerprint density at radius 2 is 2.16 bits per heavy atom. The van der Waals surface area contributed by atoms with Crippen molar-refractivity contribution in [2.75, 3.05) is 12.0 Å². The van der Waals surface area contributed by atoms with E-state index in [0.29, 0.717) is 0 Å². The fourth-order valence-electron chi connectivity index (χ4n) is 1.93. The third-order valence-electron chi connectivity index (χ3n) is 3.06. The molecule has 0 radical (unpaired) electrons. The lowest BCUT2D eigenvalue weighted by Gasteiger charge is -2.17. The van der Waals surface area contributed by atoms with Crippen LogP contribution in [-0.4, -0.2) is 24.4 Å². The van der Waals surface area contributed by atoms with Crippen LogP contribution in [-0.2, 0) is 0 Å². The number of hydrogen-bond acceptors (Lipinski definition) is 4. The molecule has 0 fully saturated rings. The highest BCUT2D eigenvalue weighted by Crippen LogP contribution is 2.23. The first-order chi connectivity index (χ1) is 8.92. The molecule has 2 rings (SSSR count). The van der Waals surface area contributed by atoms with Crippen LogP contribution < -0.4 is 16.1 Å². The van der Waals surface area contributed by atoms with E-state index in [-0.39, 0.29) is 0 Å². The molecule has 0 aliphatic heterocycles. The second-order valence-electron chi connectivity index (χ2n) is 5.96. The molecule has 19 heavy (non-hydrogen) atoms. The molecule has 2 aromatic rings. The van der Waals surface area contributed by atoms with Gasteiger partial charge < -0.3 is 10.3 Å². The summed E-state index contributed by atoms with van der Waals surface area (Å²) in [6.07, 6.45) is 1.73. The summed E-state index contributed by atoms with van der Waals surface area (Å²) in [5, 5.41) is 0.982. The van der Waals surface area contributed by atoms with Gasteiger partial charge in [0.05, 0.1) is 11.4 Å². The van der Waals surface area contributed by atoms with Crippen molar-refractivity contribution in [3.05, 3.63) is 24.0 Å². The maximum atomic E-state index is 5.89. The lowest BCUT2D eigenvalue weighted by atomic mass is 10.3. The molecular weight excluding hydrogens is 256 g/mol. The minimum absolute atomic E-state index is 0.725. The van der Waals surface area contributed by atoms with Crippen LogP contribution in [0.15, 0.2) is 18.3 Å². The van der Waals surface area contributed by atoms with E-state index in [1.54, 1.807) is 10.9 Å². The van der Waals surface area contributed by atoms with Crippen LogP contribution in [0.5, 0.6) is 0 Å². The average Bonchev–Trinajstić information content (AvgIpc) is 2.64. The summed E-state index contributed by atoms with van der Waals surface area (Å²) in [6, 6.07) is 5.02. The van der Waals surface area contributed by atoms with Crippen molar-refractivity contribution in [1.82, 2.24) is 9.71 Å². The molecule has 5 nitrogen and oxygen atoms in total. The summed E-state index contributed by atoms with van der Waals surface area (Å²) in [5.41, 5.74) is 5.39. The second kappa shape index (κ2) is 5.22. The molecular formula is C13H22N4OSi. The third kappa shape index (κ3) is 3.08. The zero-order valence-electron chi connectivity index (χ0n) is 12.0. The van der Waals surface area contributed by atoms with E-state index in [9.17, 15) is 0 Å². The lowest BCUT2D eigenvalue weighted by Crippen LogP contribution is -2.25. The van der Waals surface area contributed by atoms with Crippen molar-refractivity contribution in [1.29, 1.82) is 0 Å². The molecule has 0 saturated carbocycles. The van der Waals surface area contributed by atoms with Crippen LogP contribution >= 0.6 is 0 Å². The van der Waals surface area contributed by atoms with Gasteiger partial charge >= 0.3 is 0 Å². The highest BCUT2D eigenvalue weighted by Gasteiger charge is 2.15. The van der Waals surface area contributed by atoms with Gasteiger partial charge in [0, 0.05) is 19.7 Å². The molecule has 0 bridgehead atoms. The van der Waals surface area contributed by atoms with Crippen LogP contribution in [0.1, 0.15) is 5.69 Å². The molecule has 2 heterocycles. The topological polar surface area (TPSA) is 65.1 Å². The van der Waals surface area contributed by atoms with E-state index in [4.69, 9.17) is 10.7 Å². The molecule has 0 spiro atoms. The van der Waals surface area contributed by atoms with Crippen molar-refractivity contribution < 1.29 is 4.84 Å². The fraction of sp³-hybridized carbons (Fsp3) is 0.462. The van der Waals surface area contributed by atoms with E-state index in [1.165, 1.54) is 0 Å². The Labute approximate surface area is 114 Å². The summed E-state index contributed by atoms with van der Waals surface area (Å²) in [6.45, 7) is 9.75. The number of hydrogen-bond donors (Lipinski definition) is 2. The monoisotopic (exact) mass is 278 g/mol. The number of nitrogen functional groups attached to an aromatic ring is 1. The Morgan fingerprint density at radius 1 is 1.42 bits per heavy atom. The van der Waals surface area contributed by atoms with Gasteiger partial charge in [-0.3, -0.25) is 5.84 Å². The molecule has 0 unspecified atom stereocenters. The maximum absolute atomic E-state index is 5.89. The number of aryl methyl sites for hydroxylation is 1. The zero-order valence-corrected chi connectivity index (χ0v) is 13.0. The molecule has 3 N–H and O–H groups in total. The number of pyridine rings is 1. The van der Waals surface area contributed by atoms with Crippen LogP contribution in [0.4, 0.5) is 5.69 Å². The van der Waals surface area contributed by atoms with Gasteiger partial charge in [-0.1, -0.05) is 19.6 Å². The standard InChI is InChI=1S/C13H22N4OSi/c1-10-9-11-12(16-14)5-6-15-13(11)17(10)18-7-8-19(2,3)4/h5-6,9H,7-8,14H2,1-4H3,(H,15,16). The van der Waals surface area contributed by atoms with E-state index >= 15 is 0 Å². The first kappa shape index (κ1) is 13.9. The molecule has 0 amide bonds. The summed E-state index contributed by atoms with van der Waals surface area (Å²) >= 11 is 0. The second-order valence-corrected chi connectivity index (χ2v) is 11.6. The molecule has 0 saturated heterocycles. The van der Waals surface area contributed by atoms with Gasteiger partial charge in [-0.2, -0.15) is 4.73 Å². The van der Waals surface area contributed by atoms with Crippen molar-refractivity contribution in [2.24, 2.45) is 5.84 Å². The first-order valence-corrected chi connectivity index (χ1v) is 10.2. The minimum atomic E-state index is -1.08. The number of nitrogens with zero attached hydrogens (tertiary/aromatic N) is 2. The quantitative estimate of drug-likeness (QED) is 0.501. The number of fused-ring (bicyclic) bond motifs is 1. The van der Waals surface area contributed by atoms with Crippen LogP contribution in [0, 0.1) is 6.92 Å². The predicted octanol–water partition coefficient (Wildman–Crippen LogP) is 2.40. The smallest absolute Gasteiger partial charge is 0.177 e. The van der Waals surface area contributed by atoms with Gasteiger partial charge in [0.15, 0.2) is 5.65 Å². The normalized spacial score (nSPS) is 11.8. The maximum Gasteiger partial charge on any atom is 0.177 e. The van der Waals surface area contributed by atoms with Crippen LogP contribution in [0.25, 0.3) is 11.0 Å². The van der Waals surface area contributed by atoms with Crippen molar-refractivity contribution >= 4 is 24.8 Å². The summed E-state index contributed by atoms with van der Waals surface area (Å²) < 4.78 is 1.80. The van der Waals surface area contributed by atoms with Gasteiger partial charge in [-0.25, -0.2) is 4.98 Å². The molecule has 0 aliphatic rings. The number of anilines is 1. The summed E-state index contributed by atoms with van der Waals surface area (Å²) in [7, 11) is -1.08. The fourth-order valence-corrected chi connectivity index (χ4v) is 2.64. The van der Waals surface area contributed by atoms with E-state index in [1.807, 2.05) is 19.1 Å². The summed E-state index contributed by atoms with van der Waals surface area (Å²) in [4.78, 5) is 10.3. The zero-order chi connectivity index (χ0) is 14.0. The van der Waals surface area contributed by atoms with Crippen molar-refractivity contribution in [2.45, 2.75) is 32.6 Å². The molecule has 0 atom stereocenters. The van der Waals surface area contributed by atoms with Crippen molar-refractivity contribution in [3.63, 3.8) is 0 Å². The van der Waals surface area contributed by atoms with Gasteiger partial charge in [-0.15, -0.1) is 0 Å².